The van der Waals surface area contributed by atoms with Gasteiger partial charge in [-0.25, -0.2) is 4.98 Å². The van der Waals surface area contributed by atoms with Gasteiger partial charge in [-0.3, -0.25) is 0 Å². The van der Waals surface area contributed by atoms with E-state index in [0.717, 1.165) is 31.0 Å². The molecule has 1 rings (SSSR count). The number of aryl methyl sites for hydroxylation is 1. The molecule has 0 aliphatic rings. The number of anilines is 1. The molecule has 0 aliphatic heterocycles. The Kier molecular flexibility index (Phi) is 7.40. The van der Waals surface area contributed by atoms with Gasteiger partial charge in [0.1, 0.15) is 5.82 Å². The number of hydrogen-bond acceptors (Lipinski definition) is 5. The highest BCUT2D eigenvalue weighted by atomic mass is 16.5. The summed E-state index contributed by atoms with van der Waals surface area (Å²) >= 11 is 0. The van der Waals surface area contributed by atoms with Crippen LogP contribution in [0.15, 0.2) is 12.3 Å². The van der Waals surface area contributed by atoms with Crippen molar-refractivity contribution < 1.29 is 9.84 Å². The van der Waals surface area contributed by atoms with Gasteiger partial charge in [-0.2, -0.15) is 0 Å². The van der Waals surface area contributed by atoms with E-state index in [-0.39, 0.29) is 6.61 Å². The number of aromatic nitrogens is 1. The van der Waals surface area contributed by atoms with Gasteiger partial charge in [0, 0.05) is 32.9 Å². The van der Waals surface area contributed by atoms with Gasteiger partial charge in [0.25, 0.3) is 0 Å². The largest absolute Gasteiger partial charge is 0.395 e. The zero-order valence-corrected chi connectivity index (χ0v) is 12.1. The molecule has 2 N–H and O–H groups in total. The van der Waals surface area contributed by atoms with Crippen LogP contribution in [0.25, 0.3) is 0 Å². The van der Waals surface area contributed by atoms with Gasteiger partial charge < -0.3 is 20.1 Å². The summed E-state index contributed by atoms with van der Waals surface area (Å²) < 4.78 is 5.10. The van der Waals surface area contributed by atoms with Crippen LogP contribution in [0.5, 0.6) is 0 Å². The Hall–Kier alpha value is -1.17. The molecular weight excluding hydrogens is 242 g/mol. The van der Waals surface area contributed by atoms with Gasteiger partial charge in [-0.05, 0) is 30.7 Å². The van der Waals surface area contributed by atoms with E-state index in [1.165, 1.54) is 5.56 Å². The summed E-state index contributed by atoms with van der Waals surface area (Å²) in [7, 11) is 1.68. The lowest BCUT2D eigenvalue weighted by Crippen LogP contribution is -2.31. The minimum atomic E-state index is 0.115. The molecular formula is C14H25N3O2. The molecule has 0 unspecified atom stereocenters. The Balaban J connectivity index is 2.78. The van der Waals surface area contributed by atoms with Crippen LogP contribution in [-0.4, -0.2) is 50.0 Å². The molecule has 0 spiro atoms. The molecule has 0 bridgehead atoms. The zero-order chi connectivity index (χ0) is 14.1. The van der Waals surface area contributed by atoms with Gasteiger partial charge in [0.15, 0.2) is 0 Å². The topological polar surface area (TPSA) is 57.6 Å². The van der Waals surface area contributed by atoms with Crippen LogP contribution in [0.1, 0.15) is 18.1 Å². The lowest BCUT2D eigenvalue weighted by atomic mass is 10.2. The lowest BCUT2D eigenvalue weighted by Gasteiger charge is -2.24. The molecule has 0 saturated carbocycles. The van der Waals surface area contributed by atoms with Crippen LogP contribution in [-0.2, 0) is 11.3 Å². The third-order valence-electron chi connectivity index (χ3n) is 2.92. The van der Waals surface area contributed by atoms with E-state index in [4.69, 9.17) is 9.84 Å². The SMILES string of the molecule is CCNCc1cnc(N(CCO)CCOC)c(C)c1. The fourth-order valence-electron chi connectivity index (χ4n) is 1.97. The third kappa shape index (κ3) is 5.14. The standard InChI is InChI=1S/C14H25N3O2/c1-4-15-10-13-9-12(2)14(16-11-13)17(5-7-18)6-8-19-3/h9,11,15,18H,4-8,10H2,1-3H3. The highest BCUT2D eigenvalue weighted by Gasteiger charge is 2.10. The molecule has 108 valence electrons. The van der Waals surface area contributed by atoms with E-state index in [0.29, 0.717) is 13.2 Å². The molecule has 0 atom stereocenters. The Morgan fingerprint density at radius 3 is 2.79 bits per heavy atom. The number of aliphatic hydroxyl groups is 1. The van der Waals surface area contributed by atoms with Crippen LogP contribution >= 0.6 is 0 Å². The fourth-order valence-corrected chi connectivity index (χ4v) is 1.97. The maximum Gasteiger partial charge on any atom is 0.131 e. The summed E-state index contributed by atoms with van der Waals surface area (Å²) in [6.45, 7) is 7.97. The first kappa shape index (κ1) is 15.9. The van der Waals surface area contributed by atoms with Crippen LogP contribution in [0.4, 0.5) is 5.82 Å². The van der Waals surface area contributed by atoms with Crippen LogP contribution < -0.4 is 10.2 Å². The van der Waals surface area contributed by atoms with Crippen molar-refractivity contribution in [3.05, 3.63) is 23.4 Å². The molecule has 19 heavy (non-hydrogen) atoms. The molecule has 1 aromatic heterocycles. The molecule has 1 aromatic rings. The van der Waals surface area contributed by atoms with Crippen molar-refractivity contribution >= 4 is 5.82 Å². The van der Waals surface area contributed by atoms with Crippen molar-refractivity contribution in [3.8, 4) is 0 Å². The summed E-state index contributed by atoms with van der Waals surface area (Å²) in [4.78, 5) is 6.57. The number of methoxy groups -OCH3 is 1. The van der Waals surface area contributed by atoms with Crippen molar-refractivity contribution in [2.75, 3.05) is 44.9 Å². The Bertz CT molecular complexity index is 372. The van der Waals surface area contributed by atoms with Crippen molar-refractivity contribution in [1.82, 2.24) is 10.3 Å². The summed E-state index contributed by atoms with van der Waals surface area (Å²) in [5, 5.41) is 12.4. The summed E-state index contributed by atoms with van der Waals surface area (Å²) in [5.74, 6) is 0.923. The Morgan fingerprint density at radius 2 is 2.21 bits per heavy atom. The normalized spacial score (nSPS) is 10.7. The van der Waals surface area contributed by atoms with E-state index in [2.05, 4.69) is 35.1 Å². The quantitative estimate of drug-likeness (QED) is 0.697. The Morgan fingerprint density at radius 1 is 1.42 bits per heavy atom. The minimum absolute atomic E-state index is 0.115. The van der Waals surface area contributed by atoms with Crippen molar-refractivity contribution in [2.45, 2.75) is 20.4 Å². The smallest absolute Gasteiger partial charge is 0.131 e. The van der Waals surface area contributed by atoms with Gasteiger partial charge in [0.05, 0.1) is 13.2 Å². The van der Waals surface area contributed by atoms with Gasteiger partial charge in [0.2, 0.25) is 0 Å². The number of ether oxygens (including phenoxy) is 1. The number of hydrogen-bond donors (Lipinski definition) is 2. The Labute approximate surface area is 115 Å². The second-order valence-electron chi connectivity index (χ2n) is 4.47. The third-order valence-corrected chi connectivity index (χ3v) is 2.92. The highest BCUT2D eigenvalue weighted by Crippen LogP contribution is 2.17. The van der Waals surface area contributed by atoms with Crippen LogP contribution in [0.2, 0.25) is 0 Å². The average Bonchev–Trinajstić information content (AvgIpc) is 2.41. The van der Waals surface area contributed by atoms with E-state index in [1.54, 1.807) is 7.11 Å². The van der Waals surface area contributed by atoms with Crippen molar-refractivity contribution in [2.24, 2.45) is 0 Å². The fraction of sp³-hybridized carbons (Fsp3) is 0.643. The number of rotatable bonds is 9. The van der Waals surface area contributed by atoms with E-state index >= 15 is 0 Å². The number of pyridine rings is 1. The maximum atomic E-state index is 9.14. The molecule has 0 fully saturated rings. The maximum absolute atomic E-state index is 9.14. The van der Waals surface area contributed by atoms with Crippen molar-refractivity contribution in [1.29, 1.82) is 0 Å². The predicted octanol–water partition coefficient (Wildman–Crippen LogP) is 0.945. The summed E-state index contributed by atoms with van der Waals surface area (Å²) in [6.07, 6.45) is 1.89. The monoisotopic (exact) mass is 267 g/mol. The average molecular weight is 267 g/mol. The molecule has 5 nitrogen and oxygen atoms in total. The number of nitrogens with one attached hydrogen (secondary N) is 1. The lowest BCUT2D eigenvalue weighted by molar-refractivity contribution is 0.202. The molecule has 0 aromatic carbocycles. The first-order valence-electron chi connectivity index (χ1n) is 6.73. The molecule has 0 radical (unpaired) electrons. The molecule has 0 aliphatic carbocycles. The van der Waals surface area contributed by atoms with Crippen LogP contribution in [0, 0.1) is 6.92 Å². The first-order valence-corrected chi connectivity index (χ1v) is 6.73. The molecule has 0 saturated heterocycles. The van der Waals surface area contributed by atoms with E-state index in [9.17, 15) is 0 Å². The number of nitrogens with zero attached hydrogens (tertiary/aromatic N) is 2. The minimum Gasteiger partial charge on any atom is -0.395 e. The van der Waals surface area contributed by atoms with Gasteiger partial charge in [-0.15, -0.1) is 0 Å². The van der Waals surface area contributed by atoms with E-state index < -0.39 is 0 Å². The van der Waals surface area contributed by atoms with E-state index in [1.807, 2.05) is 6.20 Å². The highest BCUT2D eigenvalue weighted by molar-refractivity contribution is 5.47. The second kappa shape index (κ2) is 8.85. The zero-order valence-electron chi connectivity index (χ0n) is 12.1. The van der Waals surface area contributed by atoms with Gasteiger partial charge >= 0.3 is 0 Å². The van der Waals surface area contributed by atoms with Crippen LogP contribution in [0.3, 0.4) is 0 Å². The predicted molar refractivity (Wildman–Crippen MR) is 77.5 cm³/mol. The summed E-state index contributed by atoms with van der Waals surface area (Å²) in [6, 6.07) is 2.14. The van der Waals surface area contributed by atoms with Gasteiger partial charge in [-0.1, -0.05) is 6.92 Å². The molecule has 0 amide bonds. The first-order chi connectivity index (χ1) is 9.22. The molecule has 1 heterocycles. The van der Waals surface area contributed by atoms with Crippen molar-refractivity contribution in [3.63, 3.8) is 0 Å². The number of aliphatic hydroxyl groups excluding tert-OH is 1. The molecule has 5 heteroatoms. The second-order valence-corrected chi connectivity index (χ2v) is 4.47. The summed E-state index contributed by atoms with van der Waals surface area (Å²) in [5.41, 5.74) is 2.30.